The van der Waals surface area contributed by atoms with Crippen LogP contribution in [0.3, 0.4) is 0 Å². The van der Waals surface area contributed by atoms with E-state index in [1.54, 1.807) is 18.3 Å². The zero-order valence-electron chi connectivity index (χ0n) is 44.6. The number of hydrogen-bond donors (Lipinski definition) is 6. The van der Waals surface area contributed by atoms with Crippen LogP contribution < -0.4 is 26.3 Å². The highest BCUT2D eigenvalue weighted by Crippen LogP contribution is 2.42. The van der Waals surface area contributed by atoms with Crippen molar-refractivity contribution in [3.05, 3.63) is 101 Å². The number of carboxylic acid groups (broad SMARTS) is 1. The molecule has 2 bridgehead atoms. The van der Waals surface area contributed by atoms with Crippen molar-refractivity contribution < 1.29 is 82.8 Å². The minimum atomic E-state index is -5.28. The lowest BCUT2D eigenvalue weighted by Crippen LogP contribution is -2.63. The maximum Gasteiger partial charge on any atom is 0.408 e. The molecule has 4 aromatic rings. The van der Waals surface area contributed by atoms with Gasteiger partial charge in [0.25, 0.3) is 5.91 Å². The van der Waals surface area contributed by atoms with Gasteiger partial charge in [-0.25, -0.2) is 33.0 Å². The van der Waals surface area contributed by atoms with E-state index in [9.17, 15) is 64.5 Å². The molecule has 28 heteroatoms. The van der Waals surface area contributed by atoms with E-state index >= 15 is 8.78 Å². The Morgan fingerprint density at radius 3 is 1.89 bits per heavy atom. The molecule has 82 heavy (non-hydrogen) atoms. The molecular formula is C54H60F10N10O8. The summed E-state index contributed by atoms with van der Waals surface area (Å²) < 4.78 is 157. The number of alkyl carbamates (subject to hydrolysis) is 1. The molecule has 3 aliphatic heterocycles. The van der Waals surface area contributed by atoms with Crippen molar-refractivity contribution in [2.75, 3.05) is 37.7 Å². The number of ether oxygens (including phenoxy) is 2. The highest BCUT2D eigenvalue weighted by Gasteiger charge is 2.57. The third-order valence-corrected chi connectivity index (χ3v) is 15.2. The maximum atomic E-state index is 16.0. The number of aliphatic hydroxyl groups excluding tert-OH is 1. The molecule has 4 fully saturated rings. The molecule has 0 radical (unpaired) electrons. The number of aromatic nitrogens is 3. The number of hydrogen-bond acceptors (Lipinski definition) is 12. The third-order valence-electron chi connectivity index (χ3n) is 15.2. The first-order valence-electron chi connectivity index (χ1n) is 26.1. The fraction of sp³-hybridized carbons (Fsp3) is 0.519. The van der Waals surface area contributed by atoms with Crippen LogP contribution >= 0.6 is 0 Å². The SMILES string of the molecule is CC(C)(C(NC(=O)O)C(=O)NN(Cc1c(F)cc(-c2ccn(C(F)F)n2)cc1F)CC(O)C(Cc1ccc(C#Cc2ccc(N3CC4CCC(C3)N4C3COC3)nc2)cc1)NC(=O)C(NC(=O)OC1CC1)C(C)(C)C(F)(F)F)C(F)(F)F. The monoisotopic (exact) mass is 1170 g/mol. The second-order valence-corrected chi connectivity index (χ2v) is 21.9. The van der Waals surface area contributed by atoms with E-state index in [0.717, 1.165) is 57.2 Å². The van der Waals surface area contributed by atoms with Crippen LogP contribution in [0.2, 0.25) is 0 Å². The Bertz CT molecular complexity index is 2980. The van der Waals surface area contributed by atoms with Gasteiger partial charge in [-0.2, -0.15) is 40.2 Å². The van der Waals surface area contributed by atoms with Gasteiger partial charge in [-0.15, -0.1) is 0 Å². The highest BCUT2D eigenvalue weighted by atomic mass is 19.4. The Kier molecular flexibility index (Phi) is 18.0. The summed E-state index contributed by atoms with van der Waals surface area (Å²) in [5, 5.41) is 31.4. The molecule has 5 heterocycles. The second-order valence-electron chi connectivity index (χ2n) is 21.9. The van der Waals surface area contributed by atoms with Crippen LogP contribution in [0, 0.1) is 34.3 Å². The first-order chi connectivity index (χ1) is 38.5. The largest absolute Gasteiger partial charge is 0.465 e. The van der Waals surface area contributed by atoms with Gasteiger partial charge in [0.05, 0.1) is 47.9 Å². The number of alkyl halides is 8. The quantitative estimate of drug-likeness (QED) is 0.0297. The third kappa shape index (κ3) is 14.2. The van der Waals surface area contributed by atoms with Gasteiger partial charge in [-0.05, 0) is 108 Å². The zero-order chi connectivity index (χ0) is 59.6. The van der Waals surface area contributed by atoms with Gasteiger partial charge in [-0.1, -0.05) is 24.0 Å². The summed E-state index contributed by atoms with van der Waals surface area (Å²) in [4.78, 5) is 62.3. The molecule has 2 aromatic heterocycles. The molecule has 4 aliphatic rings. The number of hydrazine groups is 1. The molecule has 8 rings (SSSR count). The smallest absolute Gasteiger partial charge is 0.408 e. The summed E-state index contributed by atoms with van der Waals surface area (Å²) in [6.45, 7) is -0.119. The number of piperazine rings is 1. The molecule has 18 nitrogen and oxygen atoms in total. The van der Waals surface area contributed by atoms with E-state index in [0.29, 0.717) is 86.9 Å². The number of pyridine rings is 1. The number of amides is 4. The first kappa shape index (κ1) is 60.9. The second kappa shape index (κ2) is 24.3. The van der Waals surface area contributed by atoms with Crippen LogP contribution in [0.1, 0.15) is 82.2 Å². The number of benzene rings is 2. The fourth-order valence-electron chi connectivity index (χ4n) is 9.94. The Morgan fingerprint density at radius 1 is 0.793 bits per heavy atom. The number of aliphatic hydroxyl groups is 1. The summed E-state index contributed by atoms with van der Waals surface area (Å²) >= 11 is 0. The summed E-state index contributed by atoms with van der Waals surface area (Å²) in [5.41, 5.74) is -4.61. The molecular weight excluding hydrogens is 1110 g/mol. The van der Waals surface area contributed by atoms with Crippen molar-refractivity contribution in [3.8, 4) is 23.1 Å². The van der Waals surface area contributed by atoms with Gasteiger partial charge in [0.2, 0.25) is 5.91 Å². The van der Waals surface area contributed by atoms with E-state index in [1.165, 1.54) is 17.4 Å². The lowest BCUT2D eigenvalue weighted by Gasteiger charge is -2.47. The molecule has 6 N–H and O–H groups in total. The van der Waals surface area contributed by atoms with Crippen molar-refractivity contribution in [3.63, 3.8) is 0 Å². The van der Waals surface area contributed by atoms with Crippen LogP contribution in [-0.4, -0.2) is 153 Å². The maximum absolute atomic E-state index is 16.0. The molecule has 3 saturated heterocycles. The average molecular weight is 1170 g/mol. The van der Waals surface area contributed by atoms with Gasteiger partial charge >= 0.3 is 31.1 Å². The van der Waals surface area contributed by atoms with E-state index in [1.807, 2.05) is 22.9 Å². The molecule has 6 atom stereocenters. The molecule has 4 amide bonds. The number of anilines is 1. The Balaban J connectivity index is 1.08. The standard InChI is InChI=1S/C54H60F10N10O8/c1-51(2,53(59,60)61)44(68-50(80)82-36-14-15-36)46(76)66-41(19-30-8-5-29(6-9-30)7-10-31-11-16-43(65-22-31)71-23-33-12-13-34(24-71)74(33)35-27-81-28-35)42(75)26-72(70-47(77)45(67-49(78)79)52(3,4)54(62,63)64)25-37-38(55)20-32(21-39(37)56)40-17-18-73(69-40)48(57)58/h5-6,8-9,11,16-18,20-22,33-36,41-42,44-45,48,67,75H,12-15,19,23-28H2,1-4H3,(H,66,76)(H,68,80)(H,70,77)(H,78,79). The highest BCUT2D eigenvalue weighted by molar-refractivity contribution is 5.87. The average Bonchev–Trinajstić information content (AvgIpc) is 3.42. The van der Waals surface area contributed by atoms with Gasteiger partial charge < -0.3 is 40.5 Å². The van der Waals surface area contributed by atoms with Crippen molar-refractivity contribution >= 4 is 29.8 Å². The topological polar surface area (TPSA) is 216 Å². The summed E-state index contributed by atoms with van der Waals surface area (Å²) in [7, 11) is 0. The normalized spacial score (nSPS) is 19.4. The number of nitrogens with zero attached hydrogens (tertiary/aromatic N) is 6. The minimum absolute atomic E-state index is 0.192. The first-order valence-corrected chi connectivity index (χ1v) is 26.1. The molecule has 0 spiro atoms. The van der Waals surface area contributed by atoms with Crippen LogP contribution in [0.4, 0.5) is 59.3 Å². The fourth-order valence-corrected chi connectivity index (χ4v) is 9.94. The number of fused-ring (bicyclic) bond motifs is 2. The molecule has 6 unspecified atom stereocenters. The van der Waals surface area contributed by atoms with Gasteiger partial charge in [0.15, 0.2) is 0 Å². The van der Waals surface area contributed by atoms with Gasteiger partial charge in [0.1, 0.15) is 35.6 Å². The van der Waals surface area contributed by atoms with Crippen molar-refractivity contribution in [1.29, 1.82) is 0 Å². The Hall–Kier alpha value is -7.22. The molecule has 2 aromatic carbocycles. The van der Waals surface area contributed by atoms with Crippen LogP contribution in [0.5, 0.6) is 0 Å². The van der Waals surface area contributed by atoms with E-state index in [4.69, 9.17) is 9.47 Å². The number of carbonyl (C=O) groups excluding carboxylic acids is 3. The number of rotatable bonds is 20. The van der Waals surface area contributed by atoms with Gasteiger partial charge in [0, 0.05) is 72.9 Å². The van der Waals surface area contributed by atoms with E-state index in [-0.39, 0.29) is 21.5 Å². The summed E-state index contributed by atoms with van der Waals surface area (Å²) in [5.74, 6) is 0.674. The lowest BCUT2D eigenvalue weighted by molar-refractivity contribution is -0.221. The van der Waals surface area contributed by atoms with Crippen molar-refractivity contribution in [2.45, 2.75) is 134 Å². The molecule has 1 aliphatic carbocycles. The zero-order valence-corrected chi connectivity index (χ0v) is 44.6. The number of halogens is 10. The number of nitrogens with one attached hydrogen (secondary N) is 4. The lowest BCUT2D eigenvalue weighted by atomic mass is 9.82. The predicted molar refractivity (Wildman–Crippen MR) is 272 cm³/mol. The van der Waals surface area contributed by atoms with Gasteiger partial charge in [-0.3, -0.25) is 19.9 Å². The predicted octanol–water partition coefficient (Wildman–Crippen LogP) is 7.06. The minimum Gasteiger partial charge on any atom is -0.465 e. The Labute approximate surface area is 463 Å². The van der Waals surface area contributed by atoms with Crippen LogP contribution in [0.15, 0.2) is 67.0 Å². The van der Waals surface area contributed by atoms with Crippen LogP contribution in [-0.2, 0) is 32.0 Å². The van der Waals surface area contributed by atoms with Crippen molar-refractivity contribution in [2.24, 2.45) is 10.8 Å². The van der Waals surface area contributed by atoms with E-state index < -0.39 is 121 Å². The Morgan fingerprint density at radius 2 is 1.38 bits per heavy atom. The van der Waals surface area contributed by atoms with E-state index in [2.05, 4.69) is 37.0 Å². The molecule has 444 valence electrons. The summed E-state index contributed by atoms with van der Waals surface area (Å²) in [6, 6.07) is 6.43. The molecule has 1 saturated carbocycles. The number of carbonyl (C=O) groups is 4. The van der Waals surface area contributed by atoms with Crippen LogP contribution in [0.25, 0.3) is 11.3 Å². The van der Waals surface area contributed by atoms with Crippen molar-refractivity contribution in [1.82, 2.24) is 46.0 Å². The summed E-state index contributed by atoms with van der Waals surface area (Å²) in [6.07, 6.45) is -11.7.